The monoisotopic (exact) mass is 446 g/mol. The highest BCUT2D eigenvalue weighted by atomic mass is 16.3. The Bertz CT molecular complexity index is 1420. The minimum Gasteiger partial charge on any atom is -0.389 e. The minimum absolute atomic E-state index is 0.0839. The van der Waals surface area contributed by atoms with Crippen LogP contribution < -0.4 is 5.73 Å². The molecular weight excluding hydrogens is 420 g/mol. The Labute approximate surface area is 190 Å². The van der Waals surface area contributed by atoms with Crippen molar-refractivity contribution in [2.45, 2.75) is 39.5 Å². The molecule has 4 heterocycles. The van der Waals surface area contributed by atoms with Gasteiger partial charge in [-0.2, -0.15) is 0 Å². The van der Waals surface area contributed by atoms with Crippen LogP contribution in [0.15, 0.2) is 36.7 Å². The minimum atomic E-state index is -0.755. The van der Waals surface area contributed by atoms with Gasteiger partial charge in [-0.05, 0) is 56.2 Å². The predicted molar refractivity (Wildman–Crippen MR) is 124 cm³/mol. The number of hydrogen-bond acceptors (Lipinski definition) is 5. The molecule has 0 spiro atoms. The summed E-state index contributed by atoms with van der Waals surface area (Å²) in [5.41, 5.74) is 10.5. The van der Waals surface area contributed by atoms with Gasteiger partial charge in [0.15, 0.2) is 0 Å². The summed E-state index contributed by atoms with van der Waals surface area (Å²) >= 11 is 0. The standard InChI is InChI=1S/C24H26N6O3/c1-13-8-18-19(9-14(13)2)30(15(3)27-18)12-22(32)28-10-20(21(31)11-28)29-7-5-17-16(23(25)33)4-6-26-24(17)29/h4-9,20-21,31H,10-12H2,1-3H3,(H2,25,33)/t20-,21-/m1/s1. The maximum Gasteiger partial charge on any atom is 0.249 e. The van der Waals surface area contributed by atoms with E-state index in [-0.39, 0.29) is 25.0 Å². The Hall–Kier alpha value is -3.72. The molecule has 33 heavy (non-hydrogen) atoms. The van der Waals surface area contributed by atoms with Gasteiger partial charge >= 0.3 is 0 Å². The maximum atomic E-state index is 13.2. The first kappa shape index (κ1) is 21.1. The van der Waals surface area contributed by atoms with E-state index in [9.17, 15) is 14.7 Å². The van der Waals surface area contributed by atoms with Crippen molar-refractivity contribution in [3.05, 3.63) is 59.2 Å². The number of fused-ring (bicyclic) bond motifs is 2. The van der Waals surface area contributed by atoms with E-state index in [1.165, 1.54) is 6.20 Å². The van der Waals surface area contributed by atoms with Crippen LogP contribution in [0.1, 0.15) is 33.4 Å². The number of hydrogen-bond donors (Lipinski definition) is 2. The van der Waals surface area contributed by atoms with Crippen LogP contribution in [0, 0.1) is 20.8 Å². The third kappa shape index (κ3) is 3.45. The molecule has 1 aromatic carbocycles. The summed E-state index contributed by atoms with van der Waals surface area (Å²) in [4.78, 5) is 35.6. The van der Waals surface area contributed by atoms with E-state index in [2.05, 4.69) is 16.0 Å². The highest BCUT2D eigenvalue weighted by molar-refractivity contribution is 6.04. The van der Waals surface area contributed by atoms with Crippen LogP contribution in [-0.2, 0) is 11.3 Å². The van der Waals surface area contributed by atoms with E-state index in [1.54, 1.807) is 23.2 Å². The molecule has 0 unspecified atom stereocenters. The number of primary amides is 1. The molecule has 0 radical (unpaired) electrons. The molecule has 1 fully saturated rings. The van der Waals surface area contributed by atoms with Gasteiger partial charge in [0.25, 0.3) is 0 Å². The van der Waals surface area contributed by atoms with Crippen molar-refractivity contribution in [1.29, 1.82) is 0 Å². The molecule has 4 aromatic rings. The summed E-state index contributed by atoms with van der Waals surface area (Å²) in [7, 11) is 0. The number of aliphatic hydroxyl groups is 1. The summed E-state index contributed by atoms with van der Waals surface area (Å²) < 4.78 is 3.75. The van der Waals surface area contributed by atoms with Gasteiger partial charge in [0.05, 0.1) is 28.7 Å². The van der Waals surface area contributed by atoms with Crippen LogP contribution in [0.4, 0.5) is 0 Å². The largest absolute Gasteiger partial charge is 0.389 e. The average molecular weight is 447 g/mol. The fraction of sp³-hybridized carbons (Fsp3) is 0.333. The summed E-state index contributed by atoms with van der Waals surface area (Å²) in [6, 6.07) is 7.08. The Kier molecular flexibility index (Phi) is 4.93. The molecule has 170 valence electrons. The van der Waals surface area contributed by atoms with Crippen molar-refractivity contribution in [2.24, 2.45) is 5.73 Å². The topological polar surface area (TPSA) is 119 Å². The Morgan fingerprint density at radius 1 is 1.15 bits per heavy atom. The van der Waals surface area contributed by atoms with Crippen molar-refractivity contribution in [1.82, 2.24) is 24.0 Å². The number of nitrogens with zero attached hydrogens (tertiary/aromatic N) is 5. The summed E-state index contributed by atoms with van der Waals surface area (Å²) in [5.74, 6) is 0.163. The van der Waals surface area contributed by atoms with Gasteiger partial charge in [-0.1, -0.05) is 0 Å². The van der Waals surface area contributed by atoms with Crippen molar-refractivity contribution >= 4 is 33.9 Å². The van der Waals surface area contributed by atoms with Crippen LogP contribution in [0.3, 0.4) is 0 Å². The first-order valence-corrected chi connectivity index (χ1v) is 10.9. The maximum absolute atomic E-state index is 13.2. The van der Waals surface area contributed by atoms with Gasteiger partial charge in [0, 0.05) is 30.9 Å². The van der Waals surface area contributed by atoms with Crippen molar-refractivity contribution in [2.75, 3.05) is 13.1 Å². The number of aliphatic hydroxyl groups excluding tert-OH is 1. The number of likely N-dealkylation sites (tertiary alicyclic amines) is 1. The summed E-state index contributed by atoms with van der Waals surface area (Å²) in [6.07, 6.45) is 2.55. The number of amides is 2. The van der Waals surface area contributed by atoms with E-state index in [1.807, 2.05) is 36.0 Å². The lowest BCUT2D eigenvalue weighted by Gasteiger charge is -2.18. The van der Waals surface area contributed by atoms with Gasteiger partial charge in [-0.25, -0.2) is 9.97 Å². The molecule has 9 nitrogen and oxygen atoms in total. The molecule has 0 aliphatic carbocycles. The Balaban J connectivity index is 1.41. The van der Waals surface area contributed by atoms with Crippen LogP contribution in [0.5, 0.6) is 0 Å². The Morgan fingerprint density at radius 3 is 2.67 bits per heavy atom. The summed E-state index contributed by atoms with van der Waals surface area (Å²) in [5, 5.41) is 11.4. The molecule has 3 aromatic heterocycles. The molecular formula is C24H26N6O3. The highest BCUT2D eigenvalue weighted by Gasteiger charge is 2.36. The number of aryl methyl sites for hydroxylation is 3. The summed E-state index contributed by atoms with van der Waals surface area (Å²) in [6.45, 7) is 6.71. The number of pyridine rings is 1. The quantitative estimate of drug-likeness (QED) is 0.496. The number of carbonyl (C=O) groups is 2. The Morgan fingerprint density at radius 2 is 1.91 bits per heavy atom. The second kappa shape index (κ2) is 7.70. The van der Waals surface area contributed by atoms with Gasteiger partial charge in [-0.15, -0.1) is 0 Å². The molecule has 1 saturated heterocycles. The predicted octanol–water partition coefficient (Wildman–Crippen LogP) is 1.85. The number of carbonyl (C=O) groups excluding carboxylic acids is 2. The van der Waals surface area contributed by atoms with E-state index >= 15 is 0 Å². The number of benzene rings is 1. The van der Waals surface area contributed by atoms with Gasteiger partial charge < -0.3 is 24.9 Å². The average Bonchev–Trinajstić information content (AvgIpc) is 3.44. The van der Waals surface area contributed by atoms with Crippen molar-refractivity contribution in [3.63, 3.8) is 0 Å². The second-order valence-electron chi connectivity index (χ2n) is 8.79. The number of aromatic nitrogens is 4. The number of β-amino-alcohol motifs (C(OH)–C–C–N with tert-alkyl or cyclic N) is 1. The van der Waals surface area contributed by atoms with Crippen LogP contribution in [0.25, 0.3) is 22.1 Å². The lowest BCUT2D eigenvalue weighted by molar-refractivity contribution is -0.131. The molecule has 0 bridgehead atoms. The SMILES string of the molecule is Cc1cc2nc(C)n(CC(=O)N3C[C@@H](O)[C@H](n4ccc5c(C(N)=O)ccnc54)C3)c2cc1C. The van der Waals surface area contributed by atoms with Crippen molar-refractivity contribution in [3.8, 4) is 0 Å². The first-order chi connectivity index (χ1) is 15.7. The molecule has 0 saturated carbocycles. The second-order valence-corrected chi connectivity index (χ2v) is 8.79. The van der Waals surface area contributed by atoms with E-state index < -0.39 is 12.0 Å². The molecule has 2 atom stereocenters. The fourth-order valence-electron chi connectivity index (χ4n) is 4.72. The lowest BCUT2D eigenvalue weighted by Crippen LogP contribution is -2.33. The normalized spacial score (nSPS) is 18.5. The van der Waals surface area contributed by atoms with Crippen LogP contribution in [-0.4, -0.2) is 60.1 Å². The molecule has 1 aliphatic heterocycles. The van der Waals surface area contributed by atoms with E-state index in [0.717, 1.165) is 28.0 Å². The lowest BCUT2D eigenvalue weighted by atomic mass is 10.1. The van der Waals surface area contributed by atoms with E-state index in [4.69, 9.17) is 5.73 Å². The zero-order chi connectivity index (χ0) is 23.4. The highest BCUT2D eigenvalue weighted by Crippen LogP contribution is 2.29. The van der Waals surface area contributed by atoms with E-state index in [0.29, 0.717) is 23.1 Å². The fourth-order valence-corrected chi connectivity index (χ4v) is 4.72. The van der Waals surface area contributed by atoms with Gasteiger partial charge in [0.2, 0.25) is 11.8 Å². The molecule has 9 heteroatoms. The number of imidazole rings is 1. The zero-order valence-electron chi connectivity index (χ0n) is 18.8. The van der Waals surface area contributed by atoms with Crippen molar-refractivity contribution < 1.29 is 14.7 Å². The first-order valence-electron chi connectivity index (χ1n) is 10.9. The van der Waals surface area contributed by atoms with Crippen LogP contribution >= 0.6 is 0 Å². The third-order valence-corrected chi connectivity index (χ3v) is 6.70. The number of rotatable bonds is 4. The third-order valence-electron chi connectivity index (χ3n) is 6.70. The molecule has 3 N–H and O–H groups in total. The molecule has 5 rings (SSSR count). The van der Waals surface area contributed by atoms with Crippen LogP contribution in [0.2, 0.25) is 0 Å². The zero-order valence-corrected chi connectivity index (χ0v) is 18.8. The van der Waals surface area contributed by atoms with Gasteiger partial charge in [0.1, 0.15) is 18.0 Å². The number of nitrogens with two attached hydrogens (primary N) is 1. The smallest absolute Gasteiger partial charge is 0.249 e. The van der Waals surface area contributed by atoms with Gasteiger partial charge in [-0.3, -0.25) is 9.59 Å². The molecule has 2 amide bonds. The molecule has 1 aliphatic rings.